The lowest BCUT2D eigenvalue weighted by Crippen LogP contribution is -2.41. The van der Waals surface area contributed by atoms with Crippen molar-refractivity contribution in [3.05, 3.63) is 16.1 Å². The van der Waals surface area contributed by atoms with Gasteiger partial charge < -0.3 is 5.73 Å². The van der Waals surface area contributed by atoms with Crippen LogP contribution in [0.4, 0.5) is 0 Å². The maximum Gasteiger partial charge on any atom is 0.0897 e. The average Bonchev–Trinajstić information content (AvgIpc) is 2.64. The summed E-state index contributed by atoms with van der Waals surface area (Å²) in [6.07, 6.45) is 4.58. The first-order chi connectivity index (χ1) is 7.65. The summed E-state index contributed by atoms with van der Waals surface area (Å²) in [6.45, 7) is 7.60. The Morgan fingerprint density at radius 2 is 2.41 bits per heavy atom. The van der Waals surface area contributed by atoms with Gasteiger partial charge in [0.1, 0.15) is 0 Å². The van der Waals surface area contributed by atoms with Crippen molar-refractivity contribution in [2.75, 3.05) is 13.1 Å². The number of hydrogen-bond donors (Lipinski definition) is 1. The van der Waals surface area contributed by atoms with Gasteiger partial charge in [-0.25, -0.2) is 4.98 Å². The van der Waals surface area contributed by atoms with Crippen LogP contribution in [-0.4, -0.2) is 29.0 Å². The first kappa shape index (κ1) is 14.9. The van der Waals surface area contributed by atoms with E-state index in [0.29, 0.717) is 12.0 Å². The zero-order valence-corrected chi connectivity index (χ0v) is 12.2. The summed E-state index contributed by atoms with van der Waals surface area (Å²) >= 11 is 1.81. The van der Waals surface area contributed by atoms with E-state index in [1.165, 1.54) is 24.3 Å². The van der Waals surface area contributed by atoms with Crippen LogP contribution in [0.3, 0.4) is 0 Å². The maximum atomic E-state index is 5.99. The van der Waals surface area contributed by atoms with E-state index in [2.05, 4.69) is 23.7 Å². The van der Waals surface area contributed by atoms with Crippen LogP contribution < -0.4 is 5.73 Å². The smallest absolute Gasteiger partial charge is 0.0897 e. The number of piperidine rings is 1. The van der Waals surface area contributed by atoms with Gasteiger partial charge in [-0.05, 0) is 39.2 Å². The molecule has 0 amide bonds. The molecule has 3 nitrogen and oxygen atoms in total. The number of aromatic nitrogens is 1. The van der Waals surface area contributed by atoms with Gasteiger partial charge in [-0.3, -0.25) is 4.90 Å². The first-order valence-electron chi connectivity index (χ1n) is 6.04. The van der Waals surface area contributed by atoms with Crippen LogP contribution in [0.25, 0.3) is 0 Å². The average molecular weight is 276 g/mol. The molecular weight excluding hydrogens is 254 g/mol. The summed E-state index contributed by atoms with van der Waals surface area (Å²) in [7, 11) is 0. The molecule has 98 valence electrons. The summed E-state index contributed by atoms with van der Waals surface area (Å²) in [5.74, 6) is 0.669. The standard InChI is InChI=1S/C12H21N3S.ClH/c1-9(13)11-4-3-5-15(7-11)8-12-6-14-10(2)16-12;/h6,9,11H,3-5,7-8,13H2,1-2H3;1H. The third-order valence-electron chi connectivity index (χ3n) is 3.33. The minimum Gasteiger partial charge on any atom is -0.328 e. The van der Waals surface area contributed by atoms with E-state index >= 15 is 0 Å². The van der Waals surface area contributed by atoms with Crippen molar-refractivity contribution >= 4 is 23.7 Å². The molecule has 17 heavy (non-hydrogen) atoms. The zero-order chi connectivity index (χ0) is 11.5. The van der Waals surface area contributed by atoms with Crippen LogP contribution in [0.1, 0.15) is 29.7 Å². The van der Waals surface area contributed by atoms with E-state index in [9.17, 15) is 0 Å². The summed E-state index contributed by atoms with van der Waals surface area (Å²) in [5, 5.41) is 1.16. The second-order valence-corrected chi connectivity index (χ2v) is 6.16. The first-order valence-corrected chi connectivity index (χ1v) is 6.86. The Hall–Kier alpha value is -0.160. The number of rotatable bonds is 3. The largest absolute Gasteiger partial charge is 0.328 e. The fraction of sp³-hybridized carbons (Fsp3) is 0.750. The molecule has 0 saturated carbocycles. The molecule has 1 aromatic heterocycles. The fourth-order valence-electron chi connectivity index (χ4n) is 2.36. The molecule has 1 aliphatic rings. The normalized spacial score (nSPS) is 23.1. The van der Waals surface area contributed by atoms with Gasteiger partial charge >= 0.3 is 0 Å². The number of thiazole rings is 1. The second kappa shape index (κ2) is 6.69. The van der Waals surface area contributed by atoms with Crippen LogP contribution in [0.15, 0.2) is 6.20 Å². The van der Waals surface area contributed by atoms with Gasteiger partial charge in [0.2, 0.25) is 0 Å². The zero-order valence-electron chi connectivity index (χ0n) is 10.6. The van der Waals surface area contributed by atoms with Gasteiger partial charge in [0.25, 0.3) is 0 Å². The predicted octanol–water partition coefficient (Wildman–Crippen LogP) is 2.43. The summed E-state index contributed by atoms with van der Waals surface area (Å²) in [5.41, 5.74) is 5.99. The number of halogens is 1. The topological polar surface area (TPSA) is 42.2 Å². The third-order valence-corrected chi connectivity index (χ3v) is 4.23. The number of likely N-dealkylation sites (tertiary alicyclic amines) is 1. The van der Waals surface area contributed by atoms with Crippen molar-refractivity contribution in [3.63, 3.8) is 0 Å². The molecule has 5 heteroatoms. The lowest BCUT2D eigenvalue weighted by Gasteiger charge is -2.34. The molecule has 1 aromatic rings. The van der Waals surface area contributed by atoms with Crippen molar-refractivity contribution in [1.29, 1.82) is 0 Å². The van der Waals surface area contributed by atoms with Gasteiger partial charge in [-0.15, -0.1) is 23.7 Å². The molecule has 1 fully saturated rings. The lowest BCUT2D eigenvalue weighted by atomic mass is 9.92. The van der Waals surface area contributed by atoms with Gasteiger partial charge in [0, 0.05) is 30.2 Å². The van der Waals surface area contributed by atoms with Crippen LogP contribution >= 0.6 is 23.7 Å². The summed E-state index contributed by atoms with van der Waals surface area (Å²) in [4.78, 5) is 8.20. The van der Waals surface area contributed by atoms with Crippen LogP contribution in [0.5, 0.6) is 0 Å². The minimum absolute atomic E-state index is 0. The van der Waals surface area contributed by atoms with Gasteiger partial charge in [0.15, 0.2) is 0 Å². The number of nitrogens with zero attached hydrogens (tertiary/aromatic N) is 2. The minimum atomic E-state index is 0. The molecule has 0 aromatic carbocycles. The highest BCUT2D eigenvalue weighted by molar-refractivity contribution is 7.11. The fourth-order valence-corrected chi connectivity index (χ4v) is 3.20. The van der Waals surface area contributed by atoms with E-state index in [1.54, 1.807) is 11.3 Å². The van der Waals surface area contributed by atoms with Crippen LogP contribution in [0, 0.1) is 12.8 Å². The van der Waals surface area contributed by atoms with Crippen molar-refractivity contribution < 1.29 is 0 Å². The number of nitrogens with two attached hydrogens (primary N) is 1. The number of hydrogen-bond acceptors (Lipinski definition) is 4. The molecule has 1 aliphatic heterocycles. The molecule has 2 atom stereocenters. The van der Waals surface area contributed by atoms with E-state index in [0.717, 1.165) is 18.1 Å². The molecule has 0 bridgehead atoms. The Kier molecular flexibility index (Phi) is 5.86. The summed E-state index contributed by atoms with van der Waals surface area (Å²) < 4.78 is 0. The molecule has 0 radical (unpaired) electrons. The SMILES string of the molecule is Cc1ncc(CN2CCCC(C(C)N)C2)s1.Cl. The van der Waals surface area contributed by atoms with Crippen molar-refractivity contribution in [2.45, 2.75) is 39.3 Å². The highest BCUT2D eigenvalue weighted by atomic mass is 35.5. The third kappa shape index (κ3) is 4.21. The van der Waals surface area contributed by atoms with Gasteiger partial charge in [0.05, 0.1) is 5.01 Å². The van der Waals surface area contributed by atoms with Crippen LogP contribution in [-0.2, 0) is 6.54 Å². The Balaban J connectivity index is 0.00000144. The monoisotopic (exact) mass is 275 g/mol. The molecule has 0 spiro atoms. The molecule has 2 rings (SSSR count). The lowest BCUT2D eigenvalue weighted by molar-refractivity contribution is 0.155. The quantitative estimate of drug-likeness (QED) is 0.921. The molecule has 2 unspecified atom stereocenters. The summed E-state index contributed by atoms with van der Waals surface area (Å²) in [6, 6.07) is 0.325. The molecular formula is C12H22ClN3S. The van der Waals surface area contributed by atoms with E-state index in [-0.39, 0.29) is 12.4 Å². The Morgan fingerprint density at radius 1 is 1.65 bits per heavy atom. The van der Waals surface area contributed by atoms with Crippen molar-refractivity contribution in [3.8, 4) is 0 Å². The Bertz CT molecular complexity index is 340. The molecule has 2 heterocycles. The Morgan fingerprint density at radius 3 is 3.00 bits per heavy atom. The highest BCUT2D eigenvalue weighted by Crippen LogP contribution is 2.22. The highest BCUT2D eigenvalue weighted by Gasteiger charge is 2.22. The van der Waals surface area contributed by atoms with E-state index in [1.807, 2.05) is 6.20 Å². The van der Waals surface area contributed by atoms with Gasteiger partial charge in [-0.2, -0.15) is 0 Å². The molecule has 0 aliphatic carbocycles. The van der Waals surface area contributed by atoms with Gasteiger partial charge in [-0.1, -0.05) is 0 Å². The van der Waals surface area contributed by atoms with E-state index < -0.39 is 0 Å². The maximum absolute atomic E-state index is 5.99. The second-order valence-electron chi connectivity index (χ2n) is 4.84. The van der Waals surface area contributed by atoms with E-state index in [4.69, 9.17) is 5.73 Å². The number of aryl methyl sites for hydroxylation is 1. The molecule has 1 saturated heterocycles. The van der Waals surface area contributed by atoms with Crippen LogP contribution in [0.2, 0.25) is 0 Å². The van der Waals surface area contributed by atoms with Crippen molar-refractivity contribution in [2.24, 2.45) is 11.7 Å². The predicted molar refractivity (Wildman–Crippen MR) is 75.7 cm³/mol. The van der Waals surface area contributed by atoms with Crippen molar-refractivity contribution in [1.82, 2.24) is 9.88 Å². The molecule has 2 N–H and O–H groups in total. The Labute approximate surface area is 114 Å².